The van der Waals surface area contributed by atoms with Crippen LogP contribution in [0.2, 0.25) is 0 Å². The number of carboxylic acid groups (broad SMARTS) is 1. The summed E-state index contributed by atoms with van der Waals surface area (Å²) in [6, 6.07) is 15.1. The molecule has 0 aliphatic carbocycles. The first kappa shape index (κ1) is 16.6. The van der Waals surface area contributed by atoms with Crippen LogP contribution in [0.3, 0.4) is 0 Å². The zero-order valence-electron chi connectivity index (χ0n) is 14.2. The molecule has 6 heteroatoms. The van der Waals surface area contributed by atoms with Gasteiger partial charge in [-0.05, 0) is 47.4 Å². The largest absolute Gasteiger partial charge is 0.481 e. The third kappa shape index (κ3) is 2.96. The van der Waals surface area contributed by atoms with Gasteiger partial charge in [0.15, 0.2) is 0 Å². The molecule has 0 bridgehead atoms. The van der Waals surface area contributed by atoms with E-state index in [9.17, 15) is 9.59 Å². The van der Waals surface area contributed by atoms with E-state index in [1.807, 2.05) is 36.4 Å². The molecule has 0 unspecified atom stereocenters. The Labute approximate surface area is 153 Å². The summed E-state index contributed by atoms with van der Waals surface area (Å²) in [6.07, 6.45) is 2.03. The molecule has 4 aromatic rings. The van der Waals surface area contributed by atoms with E-state index in [-0.39, 0.29) is 12.0 Å². The minimum absolute atomic E-state index is 0.00878. The molecule has 2 heterocycles. The van der Waals surface area contributed by atoms with Crippen LogP contribution in [0.5, 0.6) is 0 Å². The lowest BCUT2D eigenvalue weighted by molar-refractivity contribution is -0.136. The lowest BCUT2D eigenvalue weighted by Gasteiger charge is -2.07. The molecule has 0 aliphatic rings. The van der Waals surface area contributed by atoms with Gasteiger partial charge in [0.1, 0.15) is 5.52 Å². The van der Waals surface area contributed by atoms with Gasteiger partial charge in [-0.1, -0.05) is 18.2 Å². The average molecular weight is 357 g/mol. The molecule has 2 aromatic carbocycles. The van der Waals surface area contributed by atoms with E-state index in [2.05, 4.69) is 16.0 Å². The summed E-state index contributed by atoms with van der Waals surface area (Å²) < 4.78 is 0. The van der Waals surface area contributed by atoms with Gasteiger partial charge in [-0.3, -0.25) is 9.59 Å². The Morgan fingerprint density at radius 2 is 1.96 bits per heavy atom. The highest BCUT2D eigenvalue weighted by molar-refractivity contribution is 6.07. The first-order chi connectivity index (χ1) is 13.1. The summed E-state index contributed by atoms with van der Waals surface area (Å²) in [5, 5.41) is 19.7. The Morgan fingerprint density at radius 3 is 2.74 bits per heavy atom. The van der Waals surface area contributed by atoms with E-state index in [0.29, 0.717) is 23.0 Å². The molecule has 0 saturated carbocycles. The van der Waals surface area contributed by atoms with Crippen molar-refractivity contribution in [2.24, 2.45) is 0 Å². The molecule has 0 fully saturated rings. The molecule has 4 rings (SSSR count). The minimum atomic E-state index is -0.882. The summed E-state index contributed by atoms with van der Waals surface area (Å²) in [5.41, 5.74) is 4.07. The third-order valence-electron chi connectivity index (χ3n) is 4.66. The molecule has 0 amide bonds. The zero-order valence-corrected chi connectivity index (χ0v) is 14.2. The number of benzene rings is 2. The number of nitrogens with one attached hydrogen (secondary N) is 2. The number of nitriles is 1. The monoisotopic (exact) mass is 357 g/mol. The number of hydrogen-bond donors (Lipinski definition) is 3. The number of pyridine rings is 1. The highest BCUT2D eigenvalue weighted by Gasteiger charge is 2.13. The van der Waals surface area contributed by atoms with Crippen LogP contribution in [-0.4, -0.2) is 21.0 Å². The molecule has 6 nitrogen and oxygen atoms in total. The summed E-state index contributed by atoms with van der Waals surface area (Å²) >= 11 is 0. The summed E-state index contributed by atoms with van der Waals surface area (Å²) in [7, 11) is 0. The van der Waals surface area contributed by atoms with E-state index in [0.717, 1.165) is 27.5 Å². The van der Waals surface area contributed by atoms with Crippen molar-refractivity contribution in [3.8, 4) is 17.2 Å². The molecule has 0 atom stereocenters. The van der Waals surface area contributed by atoms with Crippen LogP contribution < -0.4 is 5.56 Å². The Kier molecular flexibility index (Phi) is 3.98. The maximum Gasteiger partial charge on any atom is 0.303 e. The normalized spacial score (nSPS) is 10.9. The quantitative estimate of drug-likeness (QED) is 0.518. The van der Waals surface area contributed by atoms with Gasteiger partial charge < -0.3 is 15.1 Å². The number of aromatic amines is 2. The van der Waals surface area contributed by atoms with Crippen molar-refractivity contribution in [1.29, 1.82) is 5.26 Å². The number of carboxylic acids is 1. The molecule has 27 heavy (non-hydrogen) atoms. The minimum Gasteiger partial charge on any atom is -0.481 e. The standard InChI is InChI=1S/C21H15N3O3/c22-10-12-2-1-3-13(8-12)14-4-6-17-16(9-14)19-15(5-7-18(25)26)11-23-20(19)21(27)24-17/h1-4,6,8-9,11,23H,5,7H2,(H,24,27)(H,25,26). The fourth-order valence-corrected chi connectivity index (χ4v) is 3.38. The van der Waals surface area contributed by atoms with Crippen LogP contribution in [0, 0.1) is 11.3 Å². The summed E-state index contributed by atoms with van der Waals surface area (Å²) in [6.45, 7) is 0. The van der Waals surface area contributed by atoms with Crippen LogP contribution in [0.15, 0.2) is 53.5 Å². The Balaban J connectivity index is 1.96. The van der Waals surface area contributed by atoms with Crippen LogP contribution in [0.25, 0.3) is 32.9 Å². The molecular formula is C21H15N3O3. The van der Waals surface area contributed by atoms with Crippen LogP contribution in [-0.2, 0) is 11.2 Å². The van der Waals surface area contributed by atoms with E-state index in [4.69, 9.17) is 10.4 Å². The van der Waals surface area contributed by atoms with Crippen molar-refractivity contribution >= 4 is 27.8 Å². The second kappa shape index (κ2) is 6.46. The first-order valence-corrected chi connectivity index (χ1v) is 8.45. The Morgan fingerprint density at radius 1 is 1.15 bits per heavy atom. The predicted octanol–water partition coefficient (Wildman–Crippen LogP) is 3.57. The van der Waals surface area contributed by atoms with Crippen molar-refractivity contribution in [3.05, 3.63) is 70.1 Å². The maximum absolute atomic E-state index is 12.3. The SMILES string of the molecule is N#Cc1cccc(-c2ccc3[nH]c(=O)c4[nH]cc(CCC(=O)O)c4c3c2)c1. The van der Waals surface area contributed by atoms with Gasteiger partial charge in [0, 0.05) is 28.9 Å². The zero-order chi connectivity index (χ0) is 19.0. The number of aliphatic carboxylic acids is 1. The smallest absolute Gasteiger partial charge is 0.303 e. The van der Waals surface area contributed by atoms with Crippen molar-refractivity contribution in [1.82, 2.24) is 9.97 Å². The fraction of sp³-hybridized carbons (Fsp3) is 0.0952. The second-order valence-corrected chi connectivity index (χ2v) is 6.36. The number of H-pyrrole nitrogens is 2. The molecule has 2 aromatic heterocycles. The average Bonchev–Trinajstić information content (AvgIpc) is 3.11. The predicted molar refractivity (Wildman–Crippen MR) is 103 cm³/mol. The molecule has 3 N–H and O–H groups in total. The molecule has 0 spiro atoms. The Hall–Kier alpha value is -3.85. The van der Waals surface area contributed by atoms with Gasteiger partial charge in [-0.25, -0.2) is 0 Å². The summed E-state index contributed by atoms with van der Waals surface area (Å²) in [4.78, 5) is 29.1. The lowest BCUT2D eigenvalue weighted by Crippen LogP contribution is -2.06. The van der Waals surface area contributed by atoms with E-state index in [1.165, 1.54) is 0 Å². The van der Waals surface area contributed by atoms with Gasteiger partial charge in [-0.2, -0.15) is 5.26 Å². The molecular weight excluding hydrogens is 342 g/mol. The van der Waals surface area contributed by atoms with E-state index >= 15 is 0 Å². The molecule has 0 aliphatic heterocycles. The van der Waals surface area contributed by atoms with Gasteiger partial charge in [0.05, 0.1) is 11.6 Å². The molecule has 0 saturated heterocycles. The highest BCUT2D eigenvalue weighted by Crippen LogP contribution is 2.30. The van der Waals surface area contributed by atoms with Gasteiger partial charge in [0.2, 0.25) is 0 Å². The number of carbonyl (C=O) groups is 1. The van der Waals surface area contributed by atoms with Crippen LogP contribution in [0.4, 0.5) is 0 Å². The highest BCUT2D eigenvalue weighted by atomic mass is 16.4. The number of nitrogens with zero attached hydrogens (tertiary/aromatic N) is 1. The number of aromatic nitrogens is 2. The first-order valence-electron chi connectivity index (χ1n) is 8.45. The van der Waals surface area contributed by atoms with Crippen molar-refractivity contribution < 1.29 is 9.90 Å². The maximum atomic E-state index is 12.3. The van der Waals surface area contributed by atoms with Crippen molar-refractivity contribution in [2.45, 2.75) is 12.8 Å². The second-order valence-electron chi connectivity index (χ2n) is 6.36. The summed E-state index contributed by atoms with van der Waals surface area (Å²) in [5.74, 6) is -0.882. The van der Waals surface area contributed by atoms with E-state index in [1.54, 1.807) is 12.3 Å². The number of rotatable bonds is 4. The van der Waals surface area contributed by atoms with E-state index < -0.39 is 5.97 Å². The van der Waals surface area contributed by atoms with Crippen molar-refractivity contribution in [3.63, 3.8) is 0 Å². The molecule has 0 radical (unpaired) electrons. The molecule has 132 valence electrons. The number of fused-ring (bicyclic) bond motifs is 3. The Bertz CT molecular complexity index is 1290. The number of aryl methyl sites for hydroxylation is 1. The fourth-order valence-electron chi connectivity index (χ4n) is 3.38. The van der Waals surface area contributed by atoms with Gasteiger partial charge in [-0.15, -0.1) is 0 Å². The number of hydrogen-bond acceptors (Lipinski definition) is 3. The topological polar surface area (TPSA) is 110 Å². The van der Waals surface area contributed by atoms with Crippen LogP contribution in [0.1, 0.15) is 17.5 Å². The van der Waals surface area contributed by atoms with Crippen LogP contribution >= 0.6 is 0 Å². The lowest BCUT2D eigenvalue weighted by atomic mass is 9.98. The van der Waals surface area contributed by atoms with Gasteiger partial charge >= 0.3 is 5.97 Å². The van der Waals surface area contributed by atoms with Crippen molar-refractivity contribution in [2.75, 3.05) is 0 Å². The third-order valence-corrected chi connectivity index (χ3v) is 4.66. The van der Waals surface area contributed by atoms with Gasteiger partial charge in [0.25, 0.3) is 5.56 Å².